The molecule has 0 saturated carbocycles. The second kappa shape index (κ2) is 7.46. The maximum Gasteiger partial charge on any atom is 0.128 e. The number of rotatable bonds is 6. The molecule has 2 rings (SSSR count). The van der Waals surface area contributed by atoms with Crippen molar-refractivity contribution in [2.75, 3.05) is 31.7 Å². The van der Waals surface area contributed by atoms with Crippen molar-refractivity contribution in [2.45, 2.75) is 38.8 Å². The zero-order valence-corrected chi connectivity index (χ0v) is 12.1. The molecule has 0 spiro atoms. The lowest BCUT2D eigenvalue weighted by Gasteiger charge is -2.32. The molecule has 4 nitrogen and oxygen atoms in total. The molecule has 1 N–H and O–H groups in total. The van der Waals surface area contributed by atoms with Gasteiger partial charge in [0.05, 0.1) is 0 Å². The second-order valence-electron chi connectivity index (χ2n) is 5.15. The highest BCUT2D eigenvalue weighted by atomic mass is 16.5. The summed E-state index contributed by atoms with van der Waals surface area (Å²) in [5.41, 5.74) is 1.30. The molecule has 1 aliphatic heterocycles. The Hall–Kier alpha value is -1.13. The van der Waals surface area contributed by atoms with Crippen LogP contribution in [0, 0.1) is 0 Å². The van der Waals surface area contributed by atoms with E-state index in [4.69, 9.17) is 4.74 Å². The Balaban J connectivity index is 1.96. The van der Waals surface area contributed by atoms with Crippen LogP contribution in [0.2, 0.25) is 0 Å². The van der Waals surface area contributed by atoms with Crippen LogP contribution in [-0.4, -0.2) is 37.8 Å². The Kier molecular flexibility index (Phi) is 5.61. The first-order chi connectivity index (χ1) is 9.31. The number of hydrogen-bond acceptors (Lipinski definition) is 4. The van der Waals surface area contributed by atoms with Crippen LogP contribution in [-0.2, 0) is 11.3 Å². The Morgan fingerprint density at radius 1 is 1.42 bits per heavy atom. The Bertz CT molecular complexity index is 377. The fourth-order valence-electron chi connectivity index (χ4n) is 2.43. The minimum Gasteiger partial charge on any atom is -0.381 e. The monoisotopic (exact) mass is 263 g/mol. The van der Waals surface area contributed by atoms with E-state index < -0.39 is 0 Å². The zero-order valence-electron chi connectivity index (χ0n) is 12.1. The van der Waals surface area contributed by atoms with Crippen molar-refractivity contribution < 1.29 is 4.74 Å². The maximum atomic E-state index is 5.42. The van der Waals surface area contributed by atoms with Crippen molar-refractivity contribution in [1.29, 1.82) is 0 Å². The number of hydrogen-bond donors (Lipinski definition) is 1. The van der Waals surface area contributed by atoms with Gasteiger partial charge in [-0.05, 0) is 43.5 Å². The van der Waals surface area contributed by atoms with Gasteiger partial charge in [0.25, 0.3) is 0 Å². The molecule has 1 saturated heterocycles. The lowest BCUT2D eigenvalue weighted by molar-refractivity contribution is 0.0853. The van der Waals surface area contributed by atoms with Gasteiger partial charge in [0.2, 0.25) is 0 Å². The van der Waals surface area contributed by atoms with Gasteiger partial charge >= 0.3 is 0 Å². The summed E-state index contributed by atoms with van der Waals surface area (Å²) in [7, 11) is 2.14. The summed E-state index contributed by atoms with van der Waals surface area (Å²) in [6.07, 6.45) is 5.26. The first-order valence-electron chi connectivity index (χ1n) is 7.27. The molecule has 0 aromatic carbocycles. The van der Waals surface area contributed by atoms with E-state index in [2.05, 4.69) is 41.3 Å². The normalized spacial score (nSPS) is 16.5. The molecular formula is C15H25N3O. The largest absolute Gasteiger partial charge is 0.381 e. The van der Waals surface area contributed by atoms with Crippen molar-refractivity contribution >= 4 is 5.82 Å². The lowest BCUT2D eigenvalue weighted by Crippen LogP contribution is -2.37. The van der Waals surface area contributed by atoms with Gasteiger partial charge in [0.1, 0.15) is 5.82 Å². The summed E-state index contributed by atoms with van der Waals surface area (Å²) in [6.45, 7) is 5.90. The van der Waals surface area contributed by atoms with Crippen molar-refractivity contribution in [2.24, 2.45) is 0 Å². The predicted molar refractivity (Wildman–Crippen MR) is 78.5 cm³/mol. The van der Waals surface area contributed by atoms with E-state index in [9.17, 15) is 0 Å². The van der Waals surface area contributed by atoms with Gasteiger partial charge in [0.15, 0.2) is 0 Å². The zero-order chi connectivity index (χ0) is 13.5. The molecular weight excluding hydrogens is 238 g/mol. The minimum absolute atomic E-state index is 0.556. The summed E-state index contributed by atoms with van der Waals surface area (Å²) in [5, 5.41) is 3.43. The maximum absolute atomic E-state index is 5.42. The van der Waals surface area contributed by atoms with Gasteiger partial charge in [0, 0.05) is 39.0 Å². The molecule has 1 fully saturated rings. The fraction of sp³-hybridized carbons (Fsp3) is 0.667. The molecule has 0 unspecified atom stereocenters. The van der Waals surface area contributed by atoms with Crippen molar-refractivity contribution in [1.82, 2.24) is 10.3 Å². The van der Waals surface area contributed by atoms with Crippen molar-refractivity contribution in [3.05, 3.63) is 23.9 Å². The second-order valence-corrected chi connectivity index (χ2v) is 5.15. The number of anilines is 1. The third-order valence-corrected chi connectivity index (χ3v) is 3.67. The molecule has 0 atom stereocenters. The third-order valence-electron chi connectivity index (χ3n) is 3.67. The van der Waals surface area contributed by atoms with E-state index in [1.54, 1.807) is 0 Å². The van der Waals surface area contributed by atoms with Crippen LogP contribution in [0.1, 0.15) is 31.7 Å². The molecule has 19 heavy (non-hydrogen) atoms. The van der Waals surface area contributed by atoms with E-state index >= 15 is 0 Å². The molecule has 0 bridgehead atoms. The molecule has 2 heterocycles. The summed E-state index contributed by atoms with van der Waals surface area (Å²) in [4.78, 5) is 6.80. The average molecular weight is 263 g/mol. The molecule has 1 aromatic rings. The van der Waals surface area contributed by atoms with E-state index in [0.717, 1.165) is 45.0 Å². The van der Waals surface area contributed by atoms with Crippen LogP contribution in [0.4, 0.5) is 5.82 Å². The summed E-state index contributed by atoms with van der Waals surface area (Å²) in [5.74, 6) is 1.07. The van der Waals surface area contributed by atoms with Crippen LogP contribution in [0.15, 0.2) is 18.3 Å². The summed E-state index contributed by atoms with van der Waals surface area (Å²) >= 11 is 0. The quantitative estimate of drug-likeness (QED) is 0.798. The van der Waals surface area contributed by atoms with Crippen LogP contribution >= 0.6 is 0 Å². The standard InChI is InChI=1S/C15H25N3O/c1-3-7-16-12-13-4-8-17-15(11-13)18(2)14-5-9-19-10-6-14/h4,8,11,14,16H,3,5-7,9-10,12H2,1-2H3. The lowest BCUT2D eigenvalue weighted by atomic mass is 10.1. The van der Waals surface area contributed by atoms with E-state index in [1.165, 1.54) is 12.0 Å². The van der Waals surface area contributed by atoms with Gasteiger partial charge in [-0.2, -0.15) is 0 Å². The average Bonchev–Trinajstić information content (AvgIpc) is 2.48. The highest BCUT2D eigenvalue weighted by Gasteiger charge is 2.19. The number of nitrogens with one attached hydrogen (secondary N) is 1. The summed E-state index contributed by atoms with van der Waals surface area (Å²) in [6, 6.07) is 4.84. The van der Waals surface area contributed by atoms with Gasteiger partial charge in [-0.3, -0.25) is 0 Å². The van der Waals surface area contributed by atoms with Crippen LogP contribution < -0.4 is 10.2 Å². The molecule has 106 valence electrons. The first-order valence-corrected chi connectivity index (χ1v) is 7.27. The molecule has 1 aliphatic rings. The van der Waals surface area contributed by atoms with E-state index in [-0.39, 0.29) is 0 Å². The van der Waals surface area contributed by atoms with E-state index in [1.807, 2.05) is 6.20 Å². The number of aromatic nitrogens is 1. The SMILES string of the molecule is CCCNCc1ccnc(N(C)C2CCOCC2)c1. The topological polar surface area (TPSA) is 37.4 Å². The van der Waals surface area contributed by atoms with Gasteiger partial charge in [-0.15, -0.1) is 0 Å². The molecule has 1 aromatic heterocycles. The highest BCUT2D eigenvalue weighted by molar-refractivity contribution is 5.41. The summed E-state index contributed by atoms with van der Waals surface area (Å²) < 4.78 is 5.42. The first kappa shape index (κ1) is 14.3. The van der Waals surface area contributed by atoms with Gasteiger partial charge < -0.3 is 15.0 Å². The van der Waals surface area contributed by atoms with Gasteiger partial charge in [-0.25, -0.2) is 4.98 Å². The van der Waals surface area contributed by atoms with Crippen LogP contribution in [0.5, 0.6) is 0 Å². The van der Waals surface area contributed by atoms with Crippen molar-refractivity contribution in [3.63, 3.8) is 0 Å². The van der Waals surface area contributed by atoms with Crippen molar-refractivity contribution in [3.8, 4) is 0 Å². The Morgan fingerprint density at radius 3 is 2.95 bits per heavy atom. The van der Waals surface area contributed by atoms with Gasteiger partial charge in [-0.1, -0.05) is 6.92 Å². The molecule has 4 heteroatoms. The molecule has 0 aliphatic carbocycles. The Morgan fingerprint density at radius 2 is 2.21 bits per heavy atom. The number of nitrogens with zero attached hydrogens (tertiary/aromatic N) is 2. The van der Waals surface area contributed by atoms with Crippen LogP contribution in [0.3, 0.4) is 0 Å². The van der Waals surface area contributed by atoms with Crippen LogP contribution in [0.25, 0.3) is 0 Å². The van der Waals surface area contributed by atoms with E-state index in [0.29, 0.717) is 6.04 Å². The molecule has 0 amide bonds. The number of ether oxygens (including phenoxy) is 1. The third kappa shape index (κ3) is 4.18. The predicted octanol–water partition coefficient (Wildman–Crippen LogP) is 2.20. The molecule has 0 radical (unpaired) electrons. The minimum atomic E-state index is 0.556. The smallest absolute Gasteiger partial charge is 0.128 e. The number of pyridine rings is 1. The highest BCUT2D eigenvalue weighted by Crippen LogP contribution is 2.19. The Labute approximate surface area is 116 Å². The fourth-order valence-corrected chi connectivity index (χ4v) is 2.43.